The van der Waals surface area contributed by atoms with E-state index in [9.17, 15) is 14.7 Å². The number of hydrogen-bond donors (Lipinski definition) is 4. The fraction of sp³-hybridized carbons (Fsp3) is 0.667. The van der Waals surface area contributed by atoms with Crippen LogP contribution in [0.5, 0.6) is 0 Å². The Balaban J connectivity index is 1.98. The molecule has 1 amide bonds. The van der Waals surface area contributed by atoms with E-state index in [-0.39, 0.29) is 17.7 Å². The molecule has 1 aromatic rings. The van der Waals surface area contributed by atoms with Gasteiger partial charge in [0.25, 0.3) is 0 Å². The summed E-state index contributed by atoms with van der Waals surface area (Å²) in [7, 11) is 1.85. The van der Waals surface area contributed by atoms with Crippen molar-refractivity contribution in [3.8, 4) is 0 Å². The molecule has 0 radical (unpaired) electrons. The Labute approximate surface area is 253 Å². The zero-order valence-electron chi connectivity index (χ0n) is 27.1. The number of aliphatic carboxylic acids is 1. The molecule has 2 rings (SSSR count). The molecule has 0 aliphatic carbocycles. The van der Waals surface area contributed by atoms with Crippen LogP contribution in [0.2, 0.25) is 0 Å². The van der Waals surface area contributed by atoms with Gasteiger partial charge in [0.2, 0.25) is 5.91 Å². The molecule has 0 saturated heterocycles. The summed E-state index contributed by atoms with van der Waals surface area (Å²) in [5.74, 6) is 0.504. The van der Waals surface area contributed by atoms with Crippen LogP contribution < -0.4 is 16.0 Å². The van der Waals surface area contributed by atoms with Crippen LogP contribution in [0, 0.1) is 5.41 Å². The molecule has 236 valence electrons. The second kappa shape index (κ2) is 17.8. The standard InChI is InChI=1S/C33H55N5O4/c1-8-24(2)25(3)22-30(34-7)42-21-20-38(19-16-28(32(40)41)37-29(39)23-33(4,5)6)18-10-9-13-27-15-14-26-12-11-17-35-31(26)36-27/h14-15,22,28,34H,8-13,16-21,23H2,1-7H3,(H,35,36)(H,37,39)(H,40,41)/b25-24?,30-22+. The average Bonchev–Trinajstić information content (AvgIpc) is 2.94. The molecule has 0 saturated carbocycles. The summed E-state index contributed by atoms with van der Waals surface area (Å²) in [4.78, 5) is 31.5. The Hall–Kier alpha value is -3.07. The smallest absolute Gasteiger partial charge is 0.326 e. The zero-order chi connectivity index (χ0) is 31.1. The molecule has 1 aliphatic rings. The number of ether oxygens (including phenoxy) is 1. The summed E-state index contributed by atoms with van der Waals surface area (Å²) in [6.07, 6.45) is 8.68. The van der Waals surface area contributed by atoms with Crippen molar-refractivity contribution in [2.24, 2.45) is 5.41 Å². The van der Waals surface area contributed by atoms with Gasteiger partial charge in [-0.05, 0) is 88.0 Å². The molecular formula is C33H55N5O4. The number of carboxylic acid groups (broad SMARTS) is 1. The molecule has 9 heteroatoms. The van der Waals surface area contributed by atoms with Crippen molar-refractivity contribution < 1.29 is 19.4 Å². The highest BCUT2D eigenvalue weighted by atomic mass is 16.5. The fourth-order valence-corrected chi connectivity index (χ4v) is 4.85. The lowest BCUT2D eigenvalue weighted by molar-refractivity contribution is -0.142. The number of nitrogens with zero attached hydrogens (tertiary/aromatic N) is 2. The van der Waals surface area contributed by atoms with Crippen molar-refractivity contribution in [3.05, 3.63) is 46.5 Å². The normalized spacial score (nSPS) is 14.9. The molecule has 4 N–H and O–H groups in total. The number of allylic oxidation sites excluding steroid dienone is 3. The minimum absolute atomic E-state index is 0.207. The summed E-state index contributed by atoms with van der Waals surface area (Å²) in [6.45, 7) is 15.7. The van der Waals surface area contributed by atoms with Gasteiger partial charge >= 0.3 is 5.97 Å². The van der Waals surface area contributed by atoms with Gasteiger partial charge in [0.05, 0.1) is 0 Å². The number of pyridine rings is 1. The molecule has 0 aromatic carbocycles. The van der Waals surface area contributed by atoms with Crippen LogP contribution in [0.25, 0.3) is 0 Å². The number of fused-ring (bicyclic) bond motifs is 1. The maximum absolute atomic E-state index is 12.5. The number of aromatic nitrogens is 1. The lowest BCUT2D eigenvalue weighted by atomic mass is 9.92. The Morgan fingerprint density at radius 3 is 2.62 bits per heavy atom. The molecule has 9 nitrogen and oxygen atoms in total. The van der Waals surface area contributed by atoms with Crippen LogP contribution in [0.4, 0.5) is 5.82 Å². The number of amides is 1. The molecule has 0 spiro atoms. The average molecular weight is 586 g/mol. The van der Waals surface area contributed by atoms with Crippen molar-refractivity contribution in [1.82, 2.24) is 20.5 Å². The summed E-state index contributed by atoms with van der Waals surface area (Å²) in [5.41, 5.74) is 4.68. The van der Waals surface area contributed by atoms with Gasteiger partial charge < -0.3 is 25.8 Å². The lowest BCUT2D eigenvalue weighted by Gasteiger charge is -2.25. The highest BCUT2D eigenvalue weighted by Gasteiger charge is 2.24. The number of nitrogens with one attached hydrogen (secondary N) is 3. The first kappa shape index (κ1) is 35.1. The van der Waals surface area contributed by atoms with Gasteiger partial charge in [-0.3, -0.25) is 9.69 Å². The maximum Gasteiger partial charge on any atom is 0.326 e. The van der Waals surface area contributed by atoms with Crippen molar-refractivity contribution in [1.29, 1.82) is 0 Å². The van der Waals surface area contributed by atoms with Crippen molar-refractivity contribution in [2.45, 2.75) is 99.0 Å². The predicted molar refractivity (Wildman–Crippen MR) is 170 cm³/mol. The van der Waals surface area contributed by atoms with Gasteiger partial charge in [-0.25, -0.2) is 9.78 Å². The van der Waals surface area contributed by atoms with Crippen LogP contribution in [-0.2, 0) is 27.2 Å². The van der Waals surface area contributed by atoms with E-state index in [0.29, 0.717) is 32.0 Å². The second-order valence-corrected chi connectivity index (χ2v) is 12.5. The molecule has 0 bridgehead atoms. The van der Waals surface area contributed by atoms with Crippen LogP contribution >= 0.6 is 0 Å². The lowest BCUT2D eigenvalue weighted by Crippen LogP contribution is -2.44. The van der Waals surface area contributed by atoms with Crippen molar-refractivity contribution >= 4 is 17.7 Å². The van der Waals surface area contributed by atoms with Crippen LogP contribution in [0.15, 0.2) is 35.2 Å². The molecule has 1 aromatic heterocycles. The highest BCUT2D eigenvalue weighted by molar-refractivity contribution is 5.83. The number of carboxylic acids is 1. The topological polar surface area (TPSA) is 116 Å². The third kappa shape index (κ3) is 13.3. The monoisotopic (exact) mass is 585 g/mol. The fourth-order valence-electron chi connectivity index (χ4n) is 4.85. The van der Waals surface area contributed by atoms with E-state index >= 15 is 0 Å². The van der Waals surface area contributed by atoms with E-state index in [4.69, 9.17) is 9.72 Å². The molecule has 1 aliphatic heterocycles. The third-order valence-corrected chi connectivity index (χ3v) is 7.63. The van der Waals surface area contributed by atoms with Gasteiger partial charge in [0.1, 0.15) is 18.5 Å². The van der Waals surface area contributed by atoms with Crippen molar-refractivity contribution in [3.63, 3.8) is 0 Å². The van der Waals surface area contributed by atoms with E-state index in [1.54, 1.807) is 0 Å². The minimum Gasteiger partial charge on any atom is -0.480 e. The molecular weight excluding hydrogens is 530 g/mol. The number of hydrogen-bond acceptors (Lipinski definition) is 7. The number of rotatable bonds is 18. The van der Waals surface area contributed by atoms with E-state index in [0.717, 1.165) is 63.1 Å². The minimum atomic E-state index is -1.01. The van der Waals surface area contributed by atoms with Gasteiger partial charge in [-0.15, -0.1) is 0 Å². The summed E-state index contributed by atoms with van der Waals surface area (Å²) in [6, 6.07) is 3.41. The largest absolute Gasteiger partial charge is 0.480 e. The zero-order valence-corrected chi connectivity index (χ0v) is 27.1. The van der Waals surface area contributed by atoms with Crippen LogP contribution in [-0.4, -0.2) is 72.7 Å². The molecule has 0 fully saturated rings. The highest BCUT2D eigenvalue weighted by Crippen LogP contribution is 2.21. The summed E-state index contributed by atoms with van der Waals surface area (Å²) >= 11 is 0. The van der Waals surface area contributed by atoms with Gasteiger partial charge in [-0.1, -0.05) is 39.3 Å². The first-order valence-electron chi connectivity index (χ1n) is 15.6. The number of anilines is 1. The Kier molecular flexibility index (Phi) is 14.9. The molecule has 1 atom stereocenters. The SMILES string of the molecule is CCC(C)=C(C)/C=C(\NC)OCCN(CCCCc1ccc2c(n1)NCCC2)CCC(NC(=O)CC(C)(C)C)C(=O)O. The Bertz CT molecular complexity index is 1080. The Morgan fingerprint density at radius 2 is 1.95 bits per heavy atom. The summed E-state index contributed by atoms with van der Waals surface area (Å²) < 4.78 is 6.06. The number of unbranched alkanes of at least 4 members (excludes halogenated alkanes) is 1. The number of carbonyl (C=O) groups excluding carboxylic acids is 1. The van der Waals surface area contributed by atoms with E-state index < -0.39 is 12.0 Å². The van der Waals surface area contributed by atoms with Gasteiger partial charge in [-0.2, -0.15) is 0 Å². The van der Waals surface area contributed by atoms with Crippen LogP contribution in [0.3, 0.4) is 0 Å². The molecule has 42 heavy (non-hydrogen) atoms. The van der Waals surface area contributed by atoms with Crippen molar-refractivity contribution in [2.75, 3.05) is 45.2 Å². The Morgan fingerprint density at radius 1 is 1.19 bits per heavy atom. The van der Waals surface area contributed by atoms with E-state index in [2.05, 4.69) is 53.8 Å². The first-order valence-corrected chi connectivity index (χ1v) is 15.6. The third-order valence-electron chi connectivity index (χ3n) is 7.63. The van der Waals surface area contributed by atoms with Gasteiger partial charge in [0.15, 0.2) is 5.88 Å². The molecule has 1 unspecified atom stereocenters. The van der Waals surface area contributed by atoms with E-state index in [1.807, 2.05) is 33.9 Å². The van der Waals surface area contributed by atoms with Gasteiger partial charge in [0, 0.05) is 44.9 Å². The second-order valence-electron chi connectivity index (χ2n) is 12.5. The van der Waals surface area contributed by atoms with Crippen LogP contribution in [0.1, 0.15) is 91.3 Å². The number of aryl methyl sites for hydroxylation is 2. The first-order chi connectivity index (χ1) is 19.9. The summed E-state index contributed by atoms with van der Waals surface area (Å²) in [5, 5.41) is 19.1. The quantitative estimate of drug-likeness (QED) is 0.104. The predicted octanol–water partition coefficient (Wildman–Crippen LogP) is 5.28. The number of carbonyl (C=O) groups is 2. The van der Waals surface area contributed by atoms with E-state index in [1.165, 1.54) is 16.7 Å². The molecule has 2 heterocycles. The maximum atomic E-state index is 12.5.